The van der Waals surface area contributed by atoms with Crippen LogP contribution in [0, 0.1) is 11.8 Å². The number of nitrogens with zero attached hydrogens (tertiary/aromatic N) is 4. The molecule has 2 aliphatic rings. The molecule has 136 valence electrons. The lowest BCUT2D eigenvalue weighted by molar-refractivity contribution is 0.101. The van der Waals surface area contributed by atoms with Crippen molar-refractivity contribution in [3.63, 3.8) is 0 Å². The molecule has 2 aromatic rings. The summed E-state index contributed by atoms with van der Waals surface area (Å²) in [6, 6.07) is 7.84. The van der Waals surface area contributed by atoms with Crippen molar-refractivity contribution in [1.82, 2.24) is 19.6 Å². The number of Topliss-reactive ketones (excluding diaryl/α,β-unsaturated/α-hetero) is 1. The molecule has 2 fully saturated rings. The van der Waals surface area contributed by atoms with Gasteiger partial charge in [0.15, 0.2) is 5.78 Å². The van der Waals surface area contributed by atoms with E-state index < -0.39 is 0 Å². The van der Waals surface area contributed by atoms with Gasteiger partial charge in [0.05, 0.1) is 11.8 Å². The average molecular weight is 373 g/mol. The zero-order valence-corrected chi connectivity index (χ0v) is 15.4. The van der Waals surface area contributed by atoms with Gasteiger partial charge in [-0.2, -0.15) is 9.78 Å². The second-order valence-corrected chi connectivity index (χ2v) is 7.69. The van der Waals surface area contributed by atoms with E-state index in [0.717, 1.165) is 37.7 Å². The number of carbonyl (C=O) groups is 2. The minimum absolute atomic E-state index is 0.0832. The minimum Gasteiger partial charge on any atom is -0.322 e. The van der Waals surface area contributed by atoms with Crippen LogP contribution in [0.25, 0.3) is 0 Å². The third-order valence-corrected chi connectivity index (χ3v) is 5.59. The Morgan fingerprint density at radius 3 is 2.35 bits per heavy atom. The van der Waals surface area contributed by atoms with Crippen LogP contribution in [0.4, 0.5) is 4.79 Å². The molecule has 0 saturated carbocycles. The summed E-state index contributed by atoms with van der Waals surface area (Å²) in [4.78, 5) is 28.3. The minimum atomic E-state index is -0.142. The third kappa shape index (κ3) is 3.39. The van der Waals surface area contributed by atoms with Crippen LogP contribution in [0.15, 0.2) is 36.7 Å². The van der Waals surface area contributed by atoms with Gasteiger partial charge >= 0.3 is 6.03 Å². The number of rotatable bonds is 3. The molecule has 2 atom stereocenters. The second-order valence-electron chi connectivity index (χ2n) is 7.26. The van der Waals surface area contributed by atoms with Crippen molar-refractivity contribution in [2.24, 2.45) is 11.8 Å². The molecule has 1 amide bonds. The number of fused-ring (bicyclic) bond motifs is 1. The van der Waals surface area contributed by atoms with E-state index in [4.69, 9.17) is 11.6 Å². The lowest BCUT2D eigenvalue weighted by atomic mass is 10.0. The fourth-order valence-electron chi connectivity index (χ4n) is 3.98. The van der Waals surface area contributed by atoms with Crippen LogP contribution in [0.1, 0.15) is 22.8 Å². The smallest absolute Gasteiger partial charge is 0.322 e. The summed E-state index contributed by atoms with van der Waals surface area (Å²) in [6.07, 6.45) is 2.97. The van der Waals surface area contributed by atoms with Crippen molar-refractivity contribution >= 4 is 23.4 Å². The van der Waals surface area contributed by atoms with Crippen molar-refractivity contribution in [1.29, 1.82) is 0 Å². The molecule has 2 unspecified atom stereocenters. The first kappa shape index (κ1) is 17.2. The van der Waals surface area contributed by atoms with Gasteiger partial charge in [-0.3, -0.25) is 9.69 Å². The highest BCUT2D eigenvalue weighted by Crippen LogP contribution is 2.32. The summed E-state index contributed by atoms with van der Waals surface area (Å²) in [5.74, 6) is 0.906. The number of likely N-dealkylation sites (tertiary alicyclic amines) is 2. The molecule has 4 rings (SSSR count). The van der Waals surface area contributed by atoms with Gasteiger partial charge in [-0.1, -0.05) is 23.7 Å². The highest BCUT2D eigenvalue weighted by molar-refractivity contribution is 6.30. The number of ketones is 1. The van der Waals surface area contributed by atoms with Crippen LogP contribution in [0.2, 0.25) is 5.02 Å². The quantitative estimate of drug-likeness (QED) is 0.777. The summed E-state index contributed by atoms with van der Waals surface area (Å²) < 4.78 is 1.28. The van der Waals surface area contributed by atoms with E-state index in [0.29, 0.717) is 17.4 Å². The summed E-state index contributed by atoms with van der Waals surface area (Å²) in [5, 5.41) is 4.79. The molecule has 6 nitrogen and oxygen atoms in total. The molecule has 7 heteroatoms. The molecular weight excluding hydrogens is 352 g/mol. The Morgan fingerprint density at radius 2 is 1.77 bits per heavy atom. The Bertz CT molecular complexity index is 818. The fourth-order valence-corrected chi connectivity index (χ4v) is 4.10. The molecule has 1 aromatic carbocycles. The first-order valence-corrected chi connectivity index (χ1v) is 9.19. The maximum Gasteiger partial charge on any atom is 0.344 e. The number of benzene rings is 1. The molecule has 0 radical (unpaired) electrons. The van der Waals surface area contributed by atoms with E-state index in [1.807, 2.05) is 17.0 Å². The zero-order chi connectivity index (χ0) is 18.3. The molecule has 2 aliphatic heterocycles. The molecule has 26 heavy (non-hydrogen) atoms. The van der Waals surface area contributed by atoms with Crippen molar-refractivity contribution in [2.75, 3.05) is 26.2 Å². The number of halogens is 1. The highest BCUT2D eigenvalue weighted by Gasteiger charge is 2.41. The van der Waals surface area contributed by atoms with Gasteiger partial charge in [-0.15, -0.1) is 0 Å². The lowest BCUT2D eigenvalue weighted by Crippen LogP contribution is -2.36. The van der Waals surface area contributed by atoms with Gasteiger partial charge in [-0.05, 0) is 36.5 Å². The molecule has 0 spiro atoms. The normalized spacial score (nSPS) is 22.6. The first-order chi connectivity index (χ1) is 12.5. The standard InChI is InChI=1S/C19H21ClN4O2/c1-13(25)15-6-21-24(12-15)19(26)23-10-16-8-22(9-17(16)11-23)7-14-2-4-18(20)5-3-14/h2-6,12,16-17H,7-11H2,1H3. The Kier molecular flexibility index (Phi) is 4.54. The van der Waals surface area contributed by atoms with Crippen molar-refractivity contribution in [3.8, 4) is 0 Å². The summed E-state index contributed by atoms with van der Waals surface area (Å²) in [6.45, 7) is 5.87. The Hall–Kier alpha value is -2.18. The topological polar surface area (TPSA) is 58.4 Å². The molecule has 0 bridgehead atoms. The van der Waals surface area contributed by atoms with Gasteiger partial charge in [0.25, 0.3) is 0 Å². The monoisotopic (exact) mass is 372 g/mol. The Morgan fingerprint density at radius 1 is 1.12 bits per heavy atom. The van der Waals surface area contributed by atoms with Gasteiger partial charge in [0, 0.05) is 43.9 Å². The highest BCUT2D eigenvalue weighted by atomic mass is 35.5. The molecule has 0 aliphatic carbocycles. The van der Waals surface area contributed by atoms with E-state index in [9.17, 15) is 9.59 Å². The molecule has 0 N–H and O–H groups in total. The number of hydrogen-bond acceptors (Lipinski definition) is 4. The van der Waals surface area contributed by atoms with Gasteiger partial charge in [0.1, 0.15) is 0 Å². The van der Waals surface area contributed by atoms with E-state index in [2.05, 4.69) is 22.1 Å². The fraction of sp³-hybridized carbons (Fsp3) is 0.421. The lowest BCUT2D eigenvalue weighted by Gasteiger charge is -2.21. The van der Waals surface area contributed by atoms with Crippen LogP contribution >= 0.6 is 11.6 Å². The van der Waals surface area contributed by atoms with Crippen LogP contribution in [0.5, 0.6) is 0 Å². The maximum atomic E-state index is 12.6. The van der Waals surface area contributed by atoms with Crippen LogP contribution in [-0.4, -0.2) is 57.6 Å². The summed E-state index contributed by atoms with van der Waals surface area (Å²) >= 11 is 5.94. The van der Waals surface area contributed by atoms with E-state index in [1.54, 1.807) is 0 Å². The molecular formula is C19H21ClN4O2. The predicted octanol–water partition coefficient (Wildman–Crippen LogP) is 2.77. The first-order valence-electron chi connectivity index (χ1n) is 8.81. The van der Waals surface area contributed by atoms with E-state index >= 15 is 0 Å². The maximum absolute atomic E-state index is 12.6. The second kappa shape index (κ2) is 6.85. The van der Waals surface area contributed by atoms with Gasteiger partial charge < -0.3 is 4.90 Å². The zero-order valence-electron chi connectivity index (χ0n) is 14.6. The van der Waals surface area contributed by atoms with Crippen LogP contribution in [-0.2, 0) is 6.54 Å². The Balaban J connectivity index is 1.34. The van der Waals surface area contributed by atoms with E-state index in [1.165, 1.54) is 29.6 Å². The van der Waals surface area contributed by atoms with Crippen molar-refractivity contribution in [3.05, 3.63) is 52.8 Å². The Labute approximate surface area is 157 Å². The average Bonchev–Trinajstić information content (AvgIpc) is 3.30. The molecule has 1 aromatic heterocycles. The summed E-state index contributed by atoms with van der Waals surface area (Å²) in [5.41, 5.74) is 1.72. The van der Waals surface area contributed by atoms with Crippen molar-refractivity contribution in [2.45, 2.75) is 13.5 Å². The van der Waals surface area contributed by atoms with Crippen molar-refractivity contribution < 1.29 is 9.59 Å². The summed E-state index contributed by atoms with van der Waals surface area (Å²) in [7, 11) is 0. The number of amides is 1. The SMILES string of the molecule is CC(=O)c1cnn(C(=O)N2CC3CN(Cc4ccc(Cl)cc4)CC3C2)c1. The number of carbonyl (C=O) groups excluding carboxylic acids is 2. The largest absolute Gasteiger partial charge is 0.344 e. The number of hydrogen-bond donors (Lipinski definition) is 0. The van der Waals surface area contributed by atoms with E-state index in [-0.39, 0.29) is 11.8 Å². The van der Waals surface area contributed by atoms with Crippen LogP contribution < -0.4 is 0 Å². The van der Waals surface area contributed by atoms with Gasteiger partial charge in [-0.25, -0.2) is 4.79 Å². The number of aromatic nitrogens is 2. The predicted molar refractivity (Wildman–Crippen MR) is 98.3 cm³/mol. The van der Waals surface area contributed by atoms with Crippen LogP contribution in [0.3, 0.4) is 0 Å². The third-order valence-electron chi connectivity index (χ3n) is 5.34. The van der Waals surface area contributed by atoms with Gasteiger partial charge in [0.2, 0.25) is 0 Å². The molecule has 3 heterocycles. The molecule has 2 saturated heterocycles.